The third-order valence-corrected chi connectivity index (χ3v) is 4.38. The Hall–Kier alpha value is 0.0169. The molecule has 0 aromatic heterocycles. The molecular weight excluding hydrogens is 190 g/mol. The van der Waals surface area contributed by atoms with Gasteiger partial charge in [0.25, 0.3) is 0 Å². The van der Waals surface area contributed by atoms with Crippen molar-refractivity contribution in [2.45, 2.75) is 0 Å². The van der Waals surface area contributed by atoms with Gasteiger partial charge in [-0.15, -0.1) is 0 Å². The molecule has 5 nitrogen and oxygen atoms in total. The highest BCUT2D eigenvalue weighted by Gasteiger charge is 2.49. The van der Waals surface area contributed by atoms with Gasteiger partial charge in [0.15, 0.2) is 0 Å². The van der Waals surface area contributed by atoms with Crippen LogP contribution >= 0.6 is 0 Å². The van der Waals surface area contributed by atoms with E-state index in [2.05, 4.69) is 4.90 Å². The van der Waals surface area contributed by atoms with Crippen LogP contribution in [-0.2, 0) is 17.7 Å². The van der Waals surface area contributed by atoms with Crippen LogP contribution in [0.4, 0.5) is 0 Å². The SMILES string of the molecule is CN1CCO[Si]2(OCCO2)OCC1. The fraction of sp³-hybridized carbons (Fsp3) is 1.00. The molecule has 1 spiro atoms. The van der Waals surface area contributed by atoms with Gasteiger partial charge in [-0.1, -0.05) is 0 Å². The van der Waals surface area contributed by atoms with Crippen molar-refractivity contribution in [3.8, 4) is 0 Å². The fourth-order valence-corrected chi connectivity index (χ4v) is 3.20. The summed E-state index contributed by atoms with van der Waals surface area (Å²) in [5.74, 6) is 0. The topological polar surface area (TPSA) is 40.2 Å². The fourth-order valence-electron chi connectivity index (χ4n) is 1.35. The largest absolute Gasteiger partial charge is 0.679 e. The first-order valence-electron chi connectivity index (χ1n) is 4.55. The summed E-state index contributed by atoms with van der Waals surface area (Å²) >= 11 is 0. The van der Waals surface area contributed by atoms with E-state index in [0.29, 0.717) is 26.4 Å². The summed E-state index contributed by atoms with van der Waals surface area (Å²) in [6.07, 6.45) is 0. The lowest BCUT2D eigenvalue weighted by atomic mass is 10.5. The molecule has 0 radical (unpaired) electrons. The number of rotatable bonds is 0. The maximum absolute atomic E-state index is 5.53. The molecule has 0 amide bonds. The second-order valence-electron chi connectivity index (χ2n) is 3.20. The molecule has 2 aliphatic rings. The highest BCUT2D eigenvalue weighted by atomic mass is 28.4. The van der Waals surface area contributed by atoms with Gasteiger partial charge in [0.05, 0.1) is 26.4 Å². The smallest absolute Gasteiger partial charge is 0.350 e. The quantitative estimate of drug-likeness (QED) is 0.496. The van der Waals surface area contributed by atoms with Crippen LogP contribution in [0, 0.1) is 0 Å². The maximum Gasteiger partial charge on any atom is 0.679 e. The first kappa shape index (κ1) is 9.57. The minimum atomic E-state index is -2.66. The van der Waals surface area contributed by atoms with E-state index in [1.807, 2.05) is 7.05 Å². The van der Waals surface area contributed by atoms with Gasteiger partial charge in [0.2, 0.25) is 0 Å². The summed E-state index contributed by atoms with van der Waals surface area (Å²) in [5.41, 5.74) is 0. The number of hydrogen-bond acceptors (Lipinski definition) is 5. The van der Waals surface area contributed by atoms with Crippen molar-refractivity contribution in [1.82, 2.24) is 4.90 Å². The third-order valence-electron chi connectivity index (χ3n) is 2.14. The molecule has 0 aromatic carbocycles. The Balaban J connectivity index is 1.90. The van der Waals surface area contributed by atoms with E-state index in [1.165, 1.54) is 0 Å². The van der Waals surface area contributed by atoms with Gasteiger partial charge in [-0.05, 0) is 7.05 Å². The van der Waals surface area contributed by atoms with Crippen molar-refractivity contribution in [3.63, 3.8) is 0 Å². The van der Waals surface area contributed by atoms with Gasteiger partial charge < -0.3 is 22.6 Å². The second kappa shape index (κ2) is 4.03. The molecule has 0 atom stereocenters. The molecular formula is C7H15NO4Si. The molecule has 0 unspecified atom stereocenters. The molecule has 0 saturated carbocycles. The number of nitrogens with zero attached hydrogens (tertiary/aromatic N) is 1. The Kier molecular flexibility index (Phi) is 2.97. The minimum Gasteiger partial charge on any atom is -0.350 e. The first-order valence-corrected chi connectivity index (χ1v) is 6.18. The molecule has 13 heavy (non-hydrogen) atoms. The van der Waals surface area contributed by atoms with Gasteiger partial charge in [-0.3, -0.25) is 0 Å². The van der Waals surface area contributed by atoms with Crippen molar-refractivity contribution >= 4 is 9.05 Å². The van der Waals surface area contributed by atoms with Crippen LogP contribution in [0.3, 0.4) is 0 Å². The van der Waals surface area contributed by atoms with E-state index >= 15 is 0 Å². The zero-order valence-corrected chi connectivity index (χ0v) is 8.82. The number of hydrogen-bond donors (Lipinski definition) is 0. The minimum absolute atomic E-state index is 0.599. The summed E-state index contributed by atoms with van der Waals surface area (Å²) in [6.45, 7) is 4.27. The predicted octanol–water partition coefficient (Wildman–Crippen LogP) is -0.553. The van der Waals surface area contributed by atoms with E-state index in [0.717, 1.165) is 13.1 Å². The summed E-state index contributed by atoms with van der Waals surface area (Å²) in [4.78, 5) is 2.16. The van der Waals surface area contributed by atoms with Gasteiger partial charge in [-0.25, -0.2) is 0 Å². The monoisotopic (exact) mass is 205 g/mol. The van der Waals surface area contributed by atoms with Crippen molar-refractivity contribution in [1.29, 1.82) is 0 Å². The van der Waals surface area contributed by atoms with Crippen molar-refractivity contribution in [3.05, 3.63) is 0 Å². The van der Waals surface area contributed by atoms with Crippen LogP contribution in [0.15, 0.2) is 0 Å². The van der Waals surface area contributed by atoms with E-state index in [-0.39, 0.29) is 0 Å². The molecule has 2 aliphatic heterocycles. The average molecular weight is 205 g/mol. The number of likely N-dealkylation sites (N-methyl/N-ethyl adjacent to an activating group) is 1. The summed E-state index contributed by atoms with van der Waals surface area (Å²) in [5, 5.41) is 0. The molecule has 0 aromatic rings. The molecule has 2 rings (SSSR count). The average Bonchev–Trinajstić information content (AvgIpc) is 2.51. The Bertz CT molecular complexity index is 162. The maximum atomic E-state index is 5.53. The third kappa shape index (κ3) is 2.28. The van der Waals surface area contributed by atoms with Crippen LogP contribution in [0.2, 0.25) is 0 Å². The zero-order chi connectivity index (χ0) is 9.15. The molecule has 2 saturated heterocycles. The molecule has 0 N–H and O–H groups in total. The Morgan fingerprint density at radius 2 is 1.31 bits per heavy atom. The van der Waals surface area contributed by atoms with Gasteiger partial charge in [0, 0.05) is 13.1 Å². The Morgan fingerprint density at radius 3 is 1.85 bits per heavy atom. The standard InChI is InChI=1S/C7H15NO4Si/c1-8-2-4-9-13(10-5-3-8)11-6-7-12-13/h2-7H2,1H3. The normalized spacial score (nSPS) is 30.2. The van der Waals surface area contributed by atoms with Gasteiger partial charge in [0.1, 0.15) is 0 Å². The highest BCUT2D eigenvalue weighted by molar-refractivity contribution is 6.54. The summed E-state index contributed by atoms with van der Waals surface area (Å²) in [7, 11) is -0.614. The highest BCUT2D eigenvalue weighted by Crippen LogP contribution is 2.18. The summed E-state index contributed by atoms with van der Waals surface area (Å²) in [6, 6.07) is 0. The van der Waals surface area contributed by atoms with Crippen molar-refractivity contribution in [2.24, 2.45) is 0 Å². The molecule has 2 fully saturated rings. The van der Waals surface area contributed by atoms with Crippen LogP contribution < -0.4 is 0 Å². The molecule has 76 valence electrons. The summed E-state index contributed by atoms with van der Waals surface area (Å²) < 4.78 is 21.9. The van der Waals surface area contributed by atoms with Crippen LogP contribution in [0.5, 0.6) is 0 Å². The molecule has 2 heterocycles. The van der Waals surface area contributed by atoms with E-state index in [1.54, 1.807) is 0 Å². The van der Waals surface area contributed by atoms with Gasteiger partial charge in [-0.2, -0.15) is 0 Å². The van der Waals surface area contributed by atoms with Crippen molar-refractivity contribution < 1.29 is 17.7 Å². The zero-order valence-electron chi connectivity index (χ0n) is 7.82. The van der Waals surface area contributed by atoms with Gasteiger partial charge >= 0.3 is 9.05 Å². The lowest BCUT2D eigenvalue weighted by Gasteiger charge is -2.27. The van der Waals surface area contributed by atoms with E-state index in [9.17, 15) is 0 Å². The predicted molar refractivity (Wildman–Crippen MR) is 47.1 cm³/mol. The van der Waals surface area contributed by atoms with Crippen LogP contribution in [0.25, 0.3) is 0 Å². The van der Waals surface area contributed by atoms with Crippen LogP contribution in [0.1, 0.15) is 0 Å². The Labute approximate surface area is 79.0 Å². The Morgan fingerprint density at radius 1 is 0.846 bits per heavy atom. The lowest BCUT2D eigenvalue weighted by molar-refractivity contribution is -0.00280. The second-order valence-corrected chi connectivity index (χ2v) is 5.35. The van der Waals surface area contributed by atoms with E-state index in [4.69, 9.17) is 17.7 Å². The molecule has 0 aliphatic carbocycles. The molecule has 0 bridgehead atoms. The van der Waals surface area contributed by atoms with Crippen LogP contribution in [-0.4, -0.2) is 60.5 Å². The van der Waals surface area contributed by atoms with Crippen molar-refractivity contribution in [2.75, 3.05) is 46.6 Å². The van der Waals surface area contributed by atoms with E-state index < -0.39 is 9.05 Å². The lowest BCUT2D eigenvalue weighted by Crippen LogP contribution is -2.49. The molecule has 6 heteroatoms. The first-order chi connectivity index (χ1) is 6.31.